The molecule has 3 heterocycles. The highest BCUT2D eigenvalue weighted by Crippen LogP contribution is 2.39. The molecule has 0 aliphatic carbocycles. The van der Waals surface area contributed by atoms with Gasteiger partial charge in [0.2, 0.25) is 0 Å². The number of nitrogens with zero attached hydrogens (tertiary/aromatic N) is 5. The number of aryl methyl sites for hydroxylation is 2. The highest BCUT2D eigenvalue weighted by atomic mass is 32.2. The largest absolute Gasteiger partial charge is 0.466 e. The summed E-state index contributed by atoms with van der Waals surface area (Å²) in [6.45, 7) is 15.9. The van der Waals surface area contributed by atoms with Crippen molar-refractivity contribution in [2.75, 3.05) is 6.61 Å². The van der Waals surface area contributed by atoms with Crippen LogP contribution in [0.2, 0.25) is 0 Å². The molecule has 63 heavy (non-hydrogen) atoms. The fraction of sp³-hybridized carbons (Fsp3) is 0.260. The van der Waals surface area contributed by atoms with Crippen LogP contribution in [-0.4, -0.2) is 44.5 Å². The molecule has 0 N–H and O–H groups in total. The molecule has 3 aromatic heterocycles. The lowest BCUT2D eigenvalue weighted by Gasteiger charge is -2.20. The van der Waals surface area contributed by atoms with E-state index in [2.05, 4.69) is 32.1 Å². The Kier molecular flexibility index (Phi) is 13.3. The van der Waals surface area contributed by atoms with E-state index < -0.39 is 21.7 Å². The number of carbonyl (C=O) groups excluding carboxylic acids is 1. The molecule has 10 nitrogen and oxygen atoms in total. The van der Waals surface area contributed by atoms with E-state index in [-0.39, 0.29) is 57.9 Å². The molecule has 1 unspecified atom stereocenters. The average molecular weight is 872 g/mol. The first kappa shape index (κ1) is 44.5. The van der Waals surface area contributed by atoms with Gasteiger partial charge >= 0.3 is 5.97 Å². The molecule has 13 heteroatoms. The zero-order chi connectivity index (χ0) is 44.9. The Morgan fingerprint density at radius 3 is 2.49 bits per heavy atom. The molecule has 0 aliphatic rings. The van der Waals surface area contributed by atoms with Crippen molar-refractivity contribution in [3.05, 3.63) is 174 Å². The molecule has 1 atom stereocenters. The quantitative estimate of drug-likeness (QED) is 0.0588. The number of aromatic nitrogens is 5. The molecule has 326 valence electrons. The molecule has 7 rings (SSSR count). The maximum Gasteiger partial charge on any atom is 0.306 e. The SMILES string of the molecule is C=CCCC(c1cccc(CCC(=O)OCC)c1)n1ccc(-c2cc(Oc3c(F)cc4c(ccn4S(=O)(=O)c4ccc(C)cc4)c3Cn3cc(C(C)(C)CC=C)cn3)ccc2F)n1. The summed E-state index contributed by atoms with van der Waals surface area (Å²) in [6.07, 6.45) is 13.3. The van der Waals surface area contributed by atoms with E-state index in [1.54, 1.807) is 52.9 Å². The van der Waals surface area contributed by atoms with Crippen molar-refractivity contribution in [3.8, 4) is 22.8 Å². The molecule has 0 bridgehead atoms. The van der Waals surface area contributed by atoms with Gasteiger partial charge in [-0.25, -0.2) is 21.2 Å². The molecule has 7 aromatic rings. The van der Waals surface area contributed by atoms with Crippen LogP contribution in [0.25, 0.3) is 22.2 Å². The fourth-order valence-electron chi connectivity index (χ4n) is 7.72. The molecule has 0 saturated heterocycles. The topological polar surface area (TPSA) is 110 Å². The summed E-state index contributed by atoms with van der Waals surface area (Å²) in [5.74, 6) is -1.66. The highest BCUT2D eigenvalue weighted by Gasteiger charge is 2.27. The van der Waals surface area contributed by atoms with Crippen LogP contribution < -0.4 is 4.74 Å². The lowest BCUT2D eigenvalue weighted by molar-refractivity contribution is -0.143. The lowest BCUT2D eigenvalue weighted by Crippen LogP contribution is -2.15. The van der Waals surface area contributed by atoms with Crippen LogP contribution in [0.1, 0.15) is 80.3 Å². The van der Waals surface area contributed by atoms with Gasteiger partial charge in [-0.3, -0.25) is 14.2 Å². The van der Waals surface area contributed by atoms with Crippen LogP contribution in [0.4, 0.5) is 8.78 Å². The summed E-state index contributed by atoms with van der Waals surface area (Å²) in [6, 6.07) is 22.8. The lowest BCUT2D eigenvalue weighted by atomic mass is 9.84. The predicted molar refractivity (Wildman–Crippen MR) is 241 cm³/mol. The van der Waals surface area contributed by atoms with Crippen LogP contribution >= 0.6 is 0 Å². The predicted octanol–water partition coefficient (Wildman–Crippen LogP) is 11.3. The smallest absolute Gasteiger partial charge is 0.306 e. The van der Waals surface area contributed by atoms with Gasteiger partial charge in [0, 0.05) is 47.6 Å². The van der Waals surface area contributed by atoms with Crippen molar-refractivity contribution in [1.29, 1.82) is 0 Å². The number of hydrogen-bond acceptors (Lipinski definition) is 7. The number of halogens is 2. The minimum atomic E-state index is -4.11. The maximum atomic E-state index is 16.7. The second-order valence-electron chi connectivity index (χ2n) is 16.2. The number of fused-ring (bicyclic) bond motifs is 1. The summed E-state index contributed by atoms with van der Waals surface area (Å²) < 4.78 is 76.3. The minimum absolute atomic E-state index is 0.0247. The van der Waals surface area contributed by atoms with E-state index in [0.29, 0.717) is 48.9 Å². The summed E-state index contributed by atoms with van der Waals surface area (Å²) >= 11 is 0. The van der Waals surface area contributed by atoms with Crippen molar-refractivity contribution in [1.82, 2.24) is 23.5 Å². The number of esters is 1. The number of hydrogen-bond donors (Lipinski definition) is 0. The summed E-state index contributed by atoms with van der Waals surface area (Å²) in [5.41, 5.74) is 4.43. The first-order valence-electron chi connectivity index (χ1n) is 20.9. The fourth-order valence-corrected chi connectivity index (χ4v) is 9.05. The van der Waals surface area contributed by atoms with Gasteiger partial charge in [-0.1, -0.05) is 68.0 Å². The van der Waals surface area contributed by atoms with Crippen LogP contribution in [-0.2, 0) is 37.9 Å². The zero-order valence-corrected chi connectivity index (χ0v) is 36.7. The van der Waals surface area contributed by atoms with Crippen molar-refractivity contribution in [2.24, 2.45) is 0 Å². The molecule has 4 aromatic carbocycles. The summed E-state index contributed by atoms with van der Waals surface area (Å²) in [5, 5.41) is 9.86. The van der Waals surface area contributed by atoms with Gasteiger partial charge < -0.3 is 9.47 Å². The highest BCUT2D eigenvalue weighted by molar-refractivity contribution is 7.90. The van der Waals surface area contributed by atoms with Crippen LogP contribution in [0.3, 0.4) is 0 Å². The second-order valence-corrected chi connectivity index (χ2v) is 18.0. The van der Waals surface area contributed by atoms with Crippen LogP contribution in [0.15, 0.2) is 140 Å². The Bertz CT molecular complexity index is 2890. The van der Waals surface area contributed by atoms with Gasteiger partial charge in [-0.2, -0.15) is 10.2 Å². The van der Waals surface area contributed by atoms with E-state index in [4.69, 9.17) is 14.6 Å². The molecule has 0 saturated carbocycles. The molecule has 0 spiro atoms. The van der Waals surface area contributed by atoms with Gasteiger partial charge in [-0.05, 0) is 104 Å². The molecule has 0 fully saturated rings. The third-order valence-corrected chi connectivity index (χ3v) is 12.9. The maximum absolute atomic E-state index is 16.7. The Balaban J connectivity index is 1.25. The van der Waals surface area contributed by atoms with Crippen molar-refractivity contribution in [3.63, 3.8) is 0 Å². The number of allylic oxidation sites excluding steroid dienone is 2. The molecular weight excluding hydrogens is 821 g/mol. The molecular formula is C50H51F2N5O5S. The third-order valence-electron chi connectivity index (χ3n) is 11.2. The van der Waals surface area contributed by atoms with Crippen LogP contribution in [0, 0.1) is 18.6 Å². The zero-order valence-electron chi connectivity index (χ0n) is 35.9. The second kappa shape index (κ2) is 18.8. The molecule has 0 radical (unpaired) electrons. The first-order valence-corrected chi connectivity index (χ1v) is 22.3. The standard InChI is InChI=1S/C50H51F2N5O5S/c1-7-10-14-46(36-13-11-12-35(28-36)17-22-48(58)61-9-3)56-26-24-45(54-56)41-29-38(18-21-43(41)51)62-49-42(33-55-32-37(31-53-55)50(5,6)25-8-2)40-23-27-57(47(40)30-44(49)52)63(59,60)39-19-15-34(4)16-20-39/h7-8,11-13,15-16,18-21,23-24,26-32,46H,1-2,9-10,14,17,22,25,33H2,3-6H3. The molecule has 0 aliphatic heterocycles. The molecule has 0 amide bonds. The number of rotatable bonds is 19. The third kappa shape index (κ3) is 9.73. The average Bonchev–Trinajstić information content (AvgIpc) is 4.04. The van der Waals surface area contributed by atoms with E-state index in [9.17, 15) is 13.2 Å². The van der Waals surface area contributed by atoms with Crippen LogP contribution in [0.5, 0.6) is 11.5 Å². The van der Waals surface area contributed by atoms with Gasteiger partial charge in [0.1, 0.15) is 11.6 Å². The Labute approximate surface area is 367 Å². The van der Waals surface area contributed by atoms with E-state index in [1.807, 2.05) is 49.5 Å². The Hall–Kier alpha value is -6.60. The van der Waals surface area contributed by atoms with Gasteiger partial charge in [0.05, 0.1) is 41.5 Å². The van der Waals surface area contributed by atoms with Crippen molar-refractivity contribution >= 4 is 26.9 Å². The number of carbonyl (C=O) groups is 1. The van der Waals surface area contributed by atoms with Crippen molar-refractivity contribution in [2.45, 2.75) is 82.7 Å². The normalized spacial score (nSPS) is 12.3. The summed E-state index contributed by atoms with van der Waals surface area (Å²) in [7, 11) is -4.11. The van der Waals surface area contributed by atoms with E-state index >= 15 is 8.78 Å². The number of benzene rings is 4. The first-order chi connectivity index (χ1) is 30.2. The number of ether oxygens (including phenoxy) is 2. The van der Waals surface area contributed by atoms with Gasteiger partial charge in [-0.15, -0.1) is 13.2 Å². The van der Waals surface area contributed by atoms with Gasteiger partial charge in [0.25, 0.3) is 10.0 Å². The monoisotopic (exact) mass is 871 g/mol. The minimum Gasteiger partial charge on any atom is -0.466 e. The summed E-state index contributed by atoms with van der Waals surface area (Å²) in [4.78, 5) is 12.1. The van der Waals surface area contributed by atoms with Gasteiger partial charge in [0.15, 0.2) is 11.6 Å². The Morgan fingerprint density at radius 1 is 0.952 bits per heavy atom. The van der Waals surface area contributed by atoms with E-state index in [1.165, 1.54) is 36.5 Å². The Morgan fingerprint density at radius 2 is 1.75 bits per heavy atom. The van der Waals surface area contributed by atoms with Crippen molar-refractivity contribution < 1.29 is 31.5 Å². The van der Waals surface area contributed by atoms with E-state index in [0.717, 1.165) is 32.3 Å².